The Hall–Kier alpha value is -2.13. The van der Waals surface area contributed by atoms with Crippen molar-refractivity contribution in [3.8, 4) is 0 Å². The number of aryl methyl sites for hydroxylation is 2. The van der Waals surface area contributed by atoms with Gasteiger partial charge in [0.1, 0.15) is 0 Å². The molecule has 1 saturated carbocycles. The summed E-state index contributed by atoms with van der Waals surface area (Å²) in [6.07, 6.45) is 6.32. The van der Waals surface area contributed by atoms with Crippen molar-refractivity contribution in [1.29, 1.82) is 0 Å². The van der Waals surface area contributed by atoms with Crippen molar-refractivity contribution in [1.82, 2.24) is 0 Å². The quantitative estimate of drug-likeness (QED) is 0.843. The topological polar surface area (TPSA) is 33.5 Å². The zero-order valence-electron chi connectivity index (χ0n) is 16.2. The number of carbonyl (C=O) groups is 1. The number of amides is 1. The number of likely N-dealkylation sites (N-methyl/N-ethyl adjacent to an activating group) is 1. The fourth-order valence-electron chi connectivity index (χ4n) is 4.14. The van der Waals surface area contributed by atoms with E-state index in [1.54, 1.807) is 0 Å². The first kappa shape index (κ1) is 18.7. The molecule has 2 N–H and O–H groups in total. The smallest absolute Gasteiger partial charge is 0.287 e. The van der Waals surface area contributed by atoms with Crippen molar-refractivity contribution in [3.05, 3.63) is 65.2 Å². The van der Waals surface area contributed by atoms with Crippen LogP contribution in [-0.4, -0.2) is 19.0 Å². The maximum atomic E-state index is 13.3. The molecule has 0 saturated heterocycles. The maximum Gasteiger partial charge on any atom is 0.287 e. The highest BCUT2D eigenvalue weighted by atomic mass is 16.2. The van der Waals surface area contributed by atoms with E-state index in [-0.39, 0.29) is 11.9 Å². The van der Waals surface area contributed by atoms with Crippen LogP contribution in [0.5, 0.6) is 0 Å². The van der Waals surface area contributed by atoms with Gasteiger partial charge in [-0.3, -0.25) is 4.79 Å². The van der Waals surface area contributed by atoms with Crippen LogP contribution in [0.3, 0.4) is 0 Å². The summed E-state index contributed by atoms with van der Waals surface area (Å²) < 4.78 is 0. The molecular weight excluding hydrogens is 320 g/mol. The summed E-state index contributed by atoms with van der Waals surface area (Å²) in [6, 6.07) is 16.8. The van der Waals surface area contributed by atoms with E-state index in [9.17, 15) is 4.79 Å². The molecule has 0 aromatic heterocycles. The summed E-state index contributed by atoms with van der Waals surface area (Å²) in [7, 11) is 2.19. The second kappa shape index (κ2) is 8.50. The van der Waals surface area contributed by atoms with Crippen molar-refractivity contribution in [2.24, 2.45) is 0 Å². The lowest BCUT2D eigenvalue weighted by molar-refractivity contribution is -0.928. The van der Waals surface area contributed by atoms with Crippen molar-refractivity contribution < 1.29 is 9.69 Å². The fraction of sp³-hybridized carbons (Fsp3) is 0.435. The first-order chi connectivity index (χ1) is 12.6. The molecule has 0 radical (unpaired) electrons. The van der Waals surface area contributed by atoms with Crippen molar-refractivity contribution in [2.75, 3.05) is 12.4 Å². The largest absolute Gasteiger partial charge is 0.321 e. The second-order valence-electron chi connectivity index (χ2n) is 7.73. The van der Waals surface area contributed by atoms with E-state index >= 15 is 0 Å². The normalized spacial score (nSPS) is 17.5. The molecular formula is C23H31N2O+. The van der Waals surface area contributed by atoms with Crippen LogP contribution in [0.1, 0.15) is 54.8 Å². The molecule has 1 aliphatic rings. The van der Waals surface area contributed by atoms with Gasteiger partial charge in [0.25, 0.3) is 5.91 Å². The third-order valence-electron chi connectivity index (χ3n) is 5.75. The Morgan fingerprint density at radius 2 is 1.73 bits per heavy atom. The van der Waals surface area contributed by atoms with E-state index in [0.717, 1.165) is 22.4 Å². The molecule has 26 heavy (non-hydrogen) atoms. The van der Waals surface area contributed by atoms with E-state index in [0.29, 0.717) is 6.04 Å². The number of benzene rings is 2. The summed E-state index contributed by atoms with van der Waals surface area (Å²) in [5.74, 6) is 0.0907. The van der Waals surface area contributed by atoms with Crippen LogP contribution in [0.4, 0.5) is 5.69 Å². The molecule has 2 aromatic carbocycles. The first-order valence-electron chi connectivity index (χ1n) is 9.82. The van der Waals surface area contributed by atoms with Crippen LogP contribution in [0.15, 0.2) is 48.5 Å². The molecule has 0 bridgehead atoms. The molecule has 1 fully saturated rings. The van der Waals surface area contributed by atoms with Gasteiger partial charge in [0.2, 0.25) is 0 Å². The zero-order chi connectivity index (χ0) is 18.5. The van der Waals surface area contributed by atoms with Gasteiger partial charge in [0, 0.05) is 11.3 Å². The van der Waals surface area contributed by atoms with Crippen molar-refractivity contribution in [3.63, 3.8) is 0 Å². The van der Waals surface area contributed by atoms with E-state index in [4.69, 9.17) is 0 Å². The third kappa shape index (κ3) is 4.34. The lowest BCUT2D eigenvalue weighted by Crippen LogP contribution is -3.14. The molecule has 3 nitrogen and oxygen atoms in total. The minimum Gasteiger partial charge on any atom is -0.321 e. The molecule has 1 amide bonds. The summed E-state index contributed by atoms with van der Waals surface area (Å²) >= 11 is 0. The second-order valence-corrected chi connectivity index (χ2v) is 7.73. The lowest BCUT2D eigenvalue weighted by Gasteiger charge is -2.33. The van der Waals surface area contributed by atoms with Gasteiger partial charge < -0.3 is 10.2 Å². The Bertz CT molecular complexity index is 735. The monoisotopic (exact) mass is 351 g/mol. The fourth-order valence-corrected chi connectivity index (χ4v) is 4.14. The average Bonchev–Trinajstić information content (AvgIpc) is 2.66. The zero-order valence-corrected chi connectivity index (χ0v) is 16.2. The highest BCUT2D eigenvalue weighted by Crippen LogP contribution is 2.21. The molecule has 3 heteroatoms. The minimum absolute atomic E-state index is 0.0907. The Labute approximate surface area is 157 Å². The Morgan fingerprint density at radius 3 is 2.42 bits per heavy atom. The molecule has 0 heterocycles. The number of nitrogens with one attached hydrogen (secondary N) is 2. The van der Waals surface area contributed by atoms with Gasteiger partial charge >= 0.3 is 0 Å². The number of anilines is 1. The molecule has 2 atom stereocenters. The van der Waals surface area contributed by atoms with Crippen molar-refractivity contribution >= 4 is 11.6 Å². The van der Waals surface area contributed by atoms with Gasteiger partial charge in [0.15, 0.2) is 6.04 Å². The van der Waals surface area contributed by atoms with Gasteiger partial charge in [-0.25, -0.2) is 0 Å². The highest BCUT2D eigenvalue weighted by Gasteiger charge is 2.34. The summed E-state index contributed by atoms with van der Waals surface area (Å²) in [4.78, 5) is 14.6. The number of rotatable bonds is 5. The predicted molar refractivity (Wildman–Crippen MR) is 107 cm³/mol. The van der Waals surface area contributed by atoms with Crippen LogP contribution in [-0.2, 0) is 4.79 Å². The average molecular weight is 352 g/mol. The molecule has 138 valence electrons. The van der Waals surface area contributed by atoms with Crippen LogP contribution in [0.25, 0.3) is 0 Å². The molecule has 2 aromatic rings. The Balaban J connectivity index is 1.87. The maximum absolute atomic E-state index is 13.3. The number of carbonyl (C=O) groups excluding carboxylic acids is 1. The summed E-state index contributed by atoms with van der Waals surface area (Å²) in [5, 5.41) is 3.21. The van der Waals surface area contributed by atoms with Gasteiger partial charge in [-0.15, -0.1) is 0 Å². The minimum atomic E-state index is -0.181. The van der Waals surface area contributed by atoms with Crippen LogP contribution >= 0.6 is 0 Å². The molecule has 0 aliphatic heterocycles. The van der Waals surface area contributed by atoms with E-state index < -0.39 is 0 Å². The first-order valence-corrected chi connectivity index (χ1v) is 9.82. The SMILES string of the molecule is Cc1ccc(C)c(NC(=O)[C@H](c2ccccc2)[NH+](C)C2CCCCC2)c1. The standard InChI is InChI=1S/C23H30N2O/c1-17-14-15-18(2)21(16-17)24-23(26)22(19-10-6-4-7-11-19)25(3)20-12-8-5-9-13-20/h4,6-7,10-11,14-16,20,22H,5,8-9,12-13H2,1-3H3,(H,24,26)/p+1/t22-/m0/s1. The van der Waals surface area contributed by atoms with Gasteiger partial charge in [-0.05, 0) is 56.7 Å². The van der Waals surface area contributed by atoms with Gasteiger partial charge in [0.05, 0.1) is 13.1 Å². The number of quaternary nitrogens is 1. The van der Waals surface area contributed by atoms with E-state index in [2.05, 4.69) is 49.6 Å². The summed E-state index contributed by atoms with van der Waals surface area (Å²) in [5.41, 5.74) is 4.28. The van der Waals surface area contributed by atoms with E-state index in [1.807, 2.05) is 25.1 Å². The Morgan fingerprint density at radius 1 is 1.04 bits per heavy atom. The number of hydrogen-bond acceptors (Lipinski definition) is 1. The predicted octanol–water partition coefficient (Wildman–Crippen LogP) is 3.83. The van der Waals surface area contributed by atoms with E-state index in [1.165, 1.54) is 37.0 Å². The number of hydrogen-bond donors (Lipinski definition) is 2. The van der Waals surface area contributed by atoms with Crippen molar-refractivity contribution in [2.45, 2.75) is 58.0 Å². The molecule has 3 rings (SSSR count). The summed E-state index contributed by atoms with van der Waals surface area (Å²) in [6.45, 7) is 4.10. The molecule has 0 spiro atoms. The lowest BCUT2D eigenvalue weighted by atomic mass is 9.92. The van der Waals surface area contributed by atoms with Crippen LogP contribution in [0, 0.1) is 13.8 Å². The van der Waals surface area contributed by atoms with Gasteiger partial charge in [-0.2, -0.15) is 0 Å². The molecule has 1 aliphatic carbocycles. The van der Waals surface area contributed by atoms with Crippen LogP contribution < -0.4 is 10.2 Å². The van der Waals surface area contributed by atoms with Gasteiger partial charge in [-0.1, -0.05) is 48.9 Å². The van der Waals surface area contributed by atoms with Crippen LogP contribution in [0.2, 0.25) is 0 Å². The highest BCUT2D eigenvalue weighted by molar-refractivity contribution is 5.95. The molecule has 1 unspecified atom stereocenters. The third-order valence-corrected chi connectivity index (χ3v) is 5.75. The Kier molecular flexibility index (Phi) is 6.10.